The molecule has 0 aliphatic carbocycles. The van der Waals surface area contributed by atoms with Crippen molar-refractivity contribution in [1.82, 2.24) is 5.32 Å². The zero-order valence-corrected chi connectivity index (χ0v) is 8.56. The third kappa shape index (κ3) is 2.14. The molecule has 0 aromatic heterocycles. The Bertz CT molecular complexity index is 315. The largest absolute Gasteiger partial charge is 0.493 e. The summed E-state index contributed by atoms with van der Waals surface area (Å²) in [6.07, 6.45) is 0. The van der Waals surface area contributed by atoms with Gasteiger partial charge in [-0.05, 0) is 13.1 Å². The zero-order chi connectivity index (χ0) is 10.6. The fraction of sp³-hybridized carbons (Fsp3) is 0.400. The normalized spacial score (nSPS) is 10.0. The van der Waals surface area contributed by atoms with Crippen molar-refractivity contribution in [2.75, 3.05) is 21.3 Å². The van der Waals surface area contributed by atoms with Gasteiger partial charge in [0.1, 0.15) is 5.82 Å². The van der Waals surface area contributed by atoms with Crippen LogP contribution in [0, 0.1) is 5.82 Å². The van der Waals surface area contributed by atoms with Gasteiger partial charge in [-0.15, -0.1) is 0 Å². The molecule has 0 unspecified atom stereocenters. The Morgan fingerprint density at radius 2 is 2.00 bits per heavy atom. The maximum absolute atomic E-state index is 13.1. The lowest BCUT2D eigenvalue weighted by Crippen LogP contribution is -2.07. The molecule has 0 aliphatic heterocycles. The van der Waals surface area contributed by atoms with Gasteiger partial charge in [0.25, 0.3) is 0 Å². The number of hydrogen-bond acceptors (Lipinski definition) is 3. The lowest BCUT2D eigenvalue weighted by molar-refractivity contribution is 0.348. The minimum atomic E-state index is -0.326. The van der Waals surface area contributed by atoms with Gasteiger partial charge >= 0.3 is 0 Å². The number of ether oxygens (including phenoxy) is 2. The number of halogens is 1. The summed E-state index contributed by atoms with van der Waals surface area (Å²) < 4.78 is 23.2. The Balaban J connectivity index is 3.17. The van der Waals surface area contributed by atoms with Crippen molar-refractivity contribution in [1.29, 1.82) is 0 Å². The van der Waals surface area contributed by atoms with Crippen molar-refractivity contribution >= 4 is 0 Å². The van der Waals surface area contributed by atoms with Crippen molar-refractivity contribution in [3.63, 3.8) is 0 Å². The summed E-state index contributed by atoms with van der Waals surface area (Å²) in [5.74, 6) is 0.661. The Morgan fingerprint density at radius 3 is 2.50 bits per heavy atom. The number of nitrogens with one attached hydrogen (secondary N) is 1. The van der Waals surface area contributed by atoms with Gasteiger partial charge in [-0.25, -0.2) is 4.39 Å². The highest BCUT2D eigenvalue weighted by Gasteiger charge is 2.11. The third-order valence-electron chi connectivity index (χ3n) is 1.89. The third-order valence-corrected chi connectivity index (χ3v) is 1.89. The van der Waals surface area contributed by atoms with Crippen LogP contribution in [0.3, 0.4) is 0 Å². The number of hydrogen-bond donors (Lipinski definition) is 1. The molecule has 1 aromatic rings. The van der Waals surface area contributed by atoms with E-state index in [2.05, 4.69) is 5.32 Å². The van der Waals surface area contributed by atoms with Crippen molar-refractivity contribution in [2.45, 2.75) is 6.54 Å². The second-order valence-electron chi connectivity index (χ2n) is 2.83. The molecule has 0 amide bonds. The molecule has 1 N–H and O–H groups in total. The summed E-state index contributed by atoms with van der Waals surface area (Å²) >= 11 is 0. The SMILES string of the molecule is CNCc1cc(F)cc(OC)c1OC. The van der Waals surface area contributed by atoms with Gasteiger partial charge < -0.3 is 14.8 Å². The smallest absolute Gasteiger partial charge is 0.165 e. The average molecular weight is 199 g/mol. The molecule has 0 spiro atoms. The van der Waals surface area contributed by atoms with Gasteiger partial charge in [-0.3, -0.25) is 0 Å². The fourth-order valence-corrected chi connectivity index (χ4v) is 1.33. The second kappa shape index (κ2) is 4.81. The molecule has 0 bridgehead atoms. The highest BCUT2D eigenvalue weighted by atomic mass is 19.1. The van der Waals surface area contributed by atoms with Crippen molar-refractivity contribution in [2.24, 2.45) is 0 Å². The van der Waals surface area contributed by atoms with Crippen LogP contribution in [0.1, 0.15) is 5.56 Å². The summed E-state index contributed by atoms with van der Waals surface area (Å²) in [6, 6.07) is 2.73. The van der Waals surface area contributed by atoms with E-state index < -0.39 is 0 Å². The van der Waals surface area contributed by atoms with Crippen LogP contribution in [-0.2, 0) is 6.54 Å². The molecule has 0 saturated carbocycles. The molecule has 0 radical (unpaired) electrons. The van der Waals surface area contributed by atoms with Crippen LogP contribution in [0.5, 0.6) is 11.5 Å². The van der Waals surface area contributed by atoms with E-state index in [0.29, 0.717) is 18.0 Å². The summed E-state index contributed by atoms with van der Waals surface area (Å²) in [7, 11) is 4.81. The Morgan fingerprint density at radius 1 is 1.29 bits per heavy atom. The molecule has 0 aliphatic rings. The summed E-state index contributed by atoms with van der Waals surface area (Å²) in [4.78, 5) is 0. The van der Waals surface area contributed by atoms with Gasteiger partial charge in [0.15, 0.2) is 11.5 Å². The first-order valence-corrected chi connectivity index (χ1v) is 4.28. The monoisotopic (exact) mass is 199 g/mol. The Labute approximate surface area is 82.8 Å². The van der Waals surface area contributed by atoms with Crippen LogP contribution < -0.4 is 14.8 Å². The fourth-order valence-electron chi connectivity index (χ4n) is 1.33. The van der Waals surface area contributed by atoms with E-state index in [1.165, 1.54) is 26.4 Å². The van der Waals surface area contributed by atoms with Gasteiger partial charge in [-0.1, -0.05) is 0 Å². The maximum atomic E-state index is 13.1. The number of methoxy groups -OCH3 is 2. The first kappa shape index (κ1) is 10.8. The van der Waals surface area contributed by atoms with Gasteiger partial charge in [0.05, 0.1) is 14.2 Å². The van der Waals surface area contributed by atoms with Crippen LogP contribution in [-0.4, -0.2) is 21.3 Å². The summed E-state index contributed by atoms with van der Waals surface area (Å²) in [5.41, 5.74) is 0.742. The van der Waals surface area contributed by atoms with E-state index in [-0.39, 0.29) is 5.82 Å². The van der Waals surface area contributed by atoms with E-state index in [9.17, 15) is 4.39 Å². The van der Waals surface area contributed by atoms with Crippen LogP contribution in [0.4, 0.5) is 4.39 Å². The van der Waals surface area contributed by atoms with Crippen LogP contribution >= 0.6 is 0 Å². The van der Waals surface area contributed by atoms with Crippen LogP contribution in [0.25, 0.3) is 0 Å². The molecule has 0 atom stereocenters. The molecule has 0 heterocycles. The van der Waals surface area contributed by atoms with Gasteiger partial charge in [-0.2, -0.15) is 0 Å². The molecule has 3 nitrogen and oxygen atoms in total. The lowest BCUT2D eigenvalue weighted by atomic mass is 10.1. The first-order valence-electron chi connectivity index (χ1n) is 4.28. The first-order chi connectivity index (χ1) is 6.72. The maximum Gasteiger partial charge on any atom is 0.165 e. The van der Waals surface area contributed by atoms with Gasteiger partial charge in [0.2, 0.25) is 0 Å². The van der Waals surface area contributed by atoms with Crippen LogP contribution in [0.15, 0.2) is 12.1 Å². The minimum absolute atomic E-state index is 0.326. The molecule has 1 rings (SSSR count). The highest BCUT2D eigenvalue weighted by Crippen LogP contribution is 2.31. The van der Waals surface area contributed by atoms with E-state index in [0.717, 1.165) is 5.56 Å². The standard InChI is InChI=1S/C10H14FNO2/c1-12-6-7-4-8(11)5-9(13-2)10(7)14-3/h4-5,12H,6H2,1-3H3. The van der Waals surface area contributed by atoms with Gasteiger partial charge in [0, 0.05) is 18.2 Å². The molecular formula is C10H14FNO2. The average Bonchev–Trinajstić information content (AvgIpc) is 2.17. The number of rotatable bonds is 4. The Hall–Kier alpha value is -1.29. The topological polar surface area (TPSA) is 30.5 Å². The number of benzene rings is 1. The van der Waals surface area contributed by atoms with Crippen LogP contribution in [0.2, 0.25) is 0 Å². The van der Waals surface area contributed by atoms with E-state index >= 15 is 0 Å². The van der Waals surface area contributed by atoms with Crippen molar-refractivity contribution in [3.05, 3.63) is 23.5 Å². The van der Waals surface area contributed by atoms with E-state index in [1.54, 1.807) is 7.05 Å². The van der Waals surface area contributed by atoms with Crippen molar-refractivity contribution < 1.29 is 13.9 Å². The Kier molecular flexibility index (Phi) is 3.71. The lowest BCUT2D eigenvalue weighted by Gasteiger charge is -2.12. The predicted molar refractivity (Wildman–Crippen MR) is 52.3 cm³/mol. The minimum Gasteiger partial charge on any atom is -0.493 e. The zero-order valence-electron chi connectivity index (χ0n) is 8.56. The molecular weight excluding hydrogens is 185 g/mol. The highest BCUT2D eigenvalue weighted by molar-refractivity contribution is 5.47. The molecule has 1 aromatic carbocycles. The molecule has 14 heavy (non-hydrogen) atoms. The van der Waals surface area contributed by atoms with E-state index in [1.807, 2.05) is 0 Å². The molecule has 78 valence electrons. The molecule has 4 heteroatoms. The van der Waals surface area contributed by atoms with E-state index in [4.69, 9.17) is 9.47 Å². The quantitative estimate of drug-likeness (QED) is 0.798. The van der Waals surface area contributed by atoms with Crippen molar-refractivity contribution in [3.8, 4) is 11.5 Å². The summed E-state index contributed by atoms with van der Waals surface area (Å²) in [5, 5.41) is 2.94. The predicted octanol–water partition coefficient (Wildman–Crippen LogP) is 1.56. The molecule has 0 saturated heterocycles. The second-order valence-corrected chi connectivity index (χ2v) is 2.83. The molecule has 0 fully saturated rings. The summed E-state index contributed by atoms with van der Waals surface area (Å²) in [6.45, 7) is 0.539.